The second kappa shape index (κ2) is 2.05. The van der Waals surface area contributed by atoms with E-state index in [-0.39, 0.29) is 5.63 Å². The number of aryl methyl sites for hydroxylation is 2. The molecule has 0 saturated carbocycles. The Morgan fingerprint density at radius 3 is 2.44 bits per heavy atom. The van der Waals surface area contributed by atoms with Crippen LogP contribution in [0.5, 0.6) is 0 Å². The number of hydrogen-bond donors (Lipinski definition) is 0. The Labute approximate surface area is 53.1 Å². The van der Waals surface area contributed by atoms with Crippen molar-refractivity contribution in [2.45, 2.75) is 13.8 Å². The van der Waals surface area contributed by atoms with Gasteiger partial charge >= 0.3 is 5.63 Å². The third-order valence-electron chi connectivity index (χ3n) is 1.04. The third kappa shape index (κ3) is 1.42. The first-order valence-corrected chi connectivity index (χ1v) is 2.77. The van der Waals surface area contributed by atoms with Gasteiger partial charge in [-0.05, 0) is 25.5 Å². The molecule has 1 heterocycles. The predicted molar refractivity (Wildman–Crippen MR) is 34.5 cm³/mol. The van der Waals surface area contributed by atoms with E-state index in [9.17, 15) is 4.79 Å². The summed E-state index contributed by atoms with van der Waals surface area (Å²) in [6.45, 7) is 3.62. The van der Waals surface area contributed by atoms with Gasteiger partial charge in [0.2, 0.25) is 0 Å². The van der Waals surface area contributed by atoms with Gasteiger partial charge in [-0.15, -0.1) is 0 Å². The van der Waals surface area contributed by atoms with E-state index in [4.69, 9.17) is 4.42 Å². The molecule has 1 rings (SSSR count). The fourth-order valence-electron chi connectivity index (χ4n) is 0.766. The molecule has 0 aromatic carbocycles. The van der Waals surface area contributed by atoms with Gasteiger partial charge in [-0.3, -0.25) is 0 Å². The molecule has 0 atom stereocenters. The van der Waals surface area contributed by atoms with Gasteiger partial charge in [0, 0.05) is 6.07 Å². The van der Waals surface area contributed by atoms with Gasteiger partial charge < -0.3 is 4.42 Å². The predicted octanol–water partition coefficient (Wildman–Crippen LogP) is 1.26. The monoisotopic (exact) mass is 124 g/mol. The Morgan fingerprint density at radius 2 is 2.00 bits per heavy atom. The van der Waals surface area contributed by atoms with Crippen LogP contribution < -0.4 is 5.63 Å². The van der Waals surface area contributed by atoms with E-state index in [1.54, 1.807) is 6.92 Å². The highest BCUT2D eigenvalue weighted by Gasteiger charge is 1.89. The van der Waals surface area contributed by atoms with Crippen molar-refractivity contribution in [3.05, 3.63) is 33.9 Å². The minimum absolute atomic E-state index is 0.271. The lowest BCUT2D eigenvalue weighted by Gasteiger charge is -1.90. The summed E-state index contributed by atoms with van der Waals surface area (Å²) >= 11 is 0. The Balaban J connectivity index is 3.33. The van der Waals surface area contributed by atoms with E-state index in [0.717, 1.165) is 5.56 Å². The summed E-state index contributed by atoms with van der Waals surface area (Å²) in [5.74, 6) is 0.667. The van der Waals surface area contributed by atoms with Crippen LogP contribution in [-0.4, -0.2) is 0 Å². The van der Waals surface area contributed by atoms with Crippen molar-refractivity contribution in [3.63, 3.8) is 0 Å². The molecule has 0 bridgehead atoms. The quantitative estimate of drug-likeness (QED) is 0.521. The average molecular weight is 124 g/mol. The summed E-state index contributed by atoms with van der Waals surface area (Å²) in [4.78, 5) is 10.5. The van der Waals surface area contributed by atoms with Crippen molar-refractivity contribution < 1.29 is 4.42 Å². The zero-order chi connectivity index (χ0) is 6.85. The molecule has 1 aromatic rings. The van der Waals surface area contributed by atoms with Crippen LogP contribution in [0.15, 0.2) is 21.3 Å². The topological polar surface area (TPSA) is 30.2 Å². The first kappa shape index (κ1) is 6.08. The van der Waals surface area contributed by atoms with E-state index in [2.05, 4.69) is 0 Å². The molecule has 2 nitrogen and oxygen atoms in total. The standard InChI is InChI=1S/C7H8O2/c1-5-3-6(2)9-7(8)4-5/h3-4H,1-2H3. The average Bonchev–Trinajstić information content (AvgIpc) is 1.59. The zero-order valence-corrected chi connectivity index (χ0v) is 5.47. The maximum atomic E-state index is 10.5. The highest BCUT2D eigenvalue weighted by Crippen LogP contribution is 1.95. The molecule has 1 aromatic heterocycles. The van der Waals surface area contributed by atoms with Gasteiger partial charge in [-0.1, -0.05) is 0 Å². The van der Waals surface area contributed by atoms with Gasteiger partial charge in [0.05, 0.1) is 0 Å². The van der Waals surface area contributed by atoms with Crippen molar-refractivity contribution in [2.75, 3.05) is 0 Å². The molecule has 2 heteroatoms. The van der Waals surface area contributed by atoms with Gasteiger partial charge in [0.1, 0.15) is 5.76 Å². The van der Waals surface area contributed by atoms with Gasteiger partial charge in [0.25, 0.3) is 0 Å². The summed E-state index contributed by atoms with van der Waals surface area (Å²) in [6, 6.07) is 3.29. The molecule has 0 aliphatic rings. The maximum Gasteiger partial charge on any atom is 0.336 e. The molecule has 0 radical (unpaired) electrons. The molecule has 0 unspecified atom stereocenters. The van der Waals surface area contributed by atoms with Crippen LogP contribution in [0.4, 0.5) is 0 Å². The van der Waals surface area contributed by atoms with Crippen LogP contribution >= 0.6 is 0 Å². The van der Waals surface area contributed by atoms with Crippen LogP contribution in [0.2, 0.25) is 0 Å². The largest absolute Gasteiger partial charge is 0.428 e. The molecule has 0 aliphatic carbocycles. The molecule has 48 valence electrons. The highest BCUT2D eigenvalue weighted by atomic mass is 16.4. The van der Waals surface area contributed by atoms with Crippen molar-refractivity contribution in [1.29, 1.82) is 0 Å². The Bertz CT molecular complexity index is 237. The second-order valence-electron chi connectivity index (χ2n) is 2.06. The molecule has 0 amide bonds. The molecule has 0 N–H and O–H groups in total. The summed E-state index contributed by atoms with van der Waals surface area (Å²) in [5, 5.41) is 0. The highest BCUT2D eigenvalue weighted by molar-refractivity contribution is 5.09. The second-order valence-corrected chi connectivity index (χ2v) is 2.06. The molecular weight excluding hydrogens is 116 g/mol. The van der Waals surface area contributed by atoms with Gasteiger partial charge in [0.15, 0.2) is 0 Å². The Morgan fingerprint density at radius 1 is 1.33 bits per heavy atom. The molecule has 0 aliphatic heterocycles. The molecular formula is C7H8O2. The van der Waals surface area contributed by atoms with Crippen LogP contribution in [0.1, 0.15) is 11.3 Å². The lowest BCUT2D eigenvalue weighted by atomic mass is 10.3. The van der Waals surface area contributed by atoms with Crippen molar-refractivity contribution in [2.24, 2.45) is 0 Å². The molecule has 9 heavy (non-hydrogen) atoms. The van der Waals surface area contributed by atoms with Crippen molar-refractivity contribution >= 4 is 0 Å². The minimum Gasteiger partial charge on any atom is -0.428 e. The third-order valence-corrected chi connectivity index (χ3v) is 1.04. The number of rotatable bonds is 0. The zero-order valence-electron chi connectivity index (χ0n) is 5.47. The Hall–Kier alpha value is -1.05. The molecule has 0 fully saturated rings. The van der Waals surface area contributed by atoms with Crippen molar-refractivity contribution in [3.8, 4) is 0 Å². The lowest BCUT2D eigenvalue weighted by Crippen LogP contribution is -1.97. The Kier molecular flexibility index (Phi) is 1.39. The van der Waals surface area contributed by atoms with Crippen LogP contribution in [-0.2, 0) is 0 Å². The van der Waals surface area contributed by atoms with Crippen LogP contribution in [0.25, 0.3) is 0 Å². The summed E-state index contributed by atoms with van der Waals surface area (Å²) < 4.78 is 4.70. The van der Waals surface area contributed by atoms with Crippen molar-refractivity contribution in [1.82, 2.24) is 0 Å². The molecule has 0 saturated heterocycles. The van der Waals surface area contributed by atoms with E-state index in [1.807, 2.05) is 13.0 Å². The minimum atomic E-state index is -0.271. The van der Waals surface area contributed by atoms with E-state index < -0.39 is 0 Å². The van der Waals surface area contributed by atoms with Gasteiger partial charge in [-0.2, -0.15) is 0 Å². The summed E-state index contributed by atoms with van der Waals surface area (Å²) in [6.07, 6.45) is 0. The number of hydrogen-bond acceptors (Lipinski definition) is 2. The normalized spacial score (nSPS) is 9.56. The smallest absolute Gasteiger partial charge is 0.336 e. The first-order chi connectivity index (χ1) is 4.18. The fraction of sp³-hybridized carbons (Fsp3) is 0.286. The maximum absolute atomic E-state index is 10.5. The van der Waals surface area contributed by atoms with Gasteiger partial charge in [-0.25, -0.2) is 4.79 Å². The van der Waals surface area contributed by atoms with E-state index >= 15 is 0 Å². The van der Waals surface area contributed by atoms with E-state index in [0.29, 0.717) is 5.76 Å². The first-order valence-electron chi connectivity index (χ1n) is 2.77. The summed E-state index contributed by atoms with van der Waals surface area (Å²) in [7, 11) is 0. The SMILES string of the molecule is Cc1cc(C)oc(=O)c1. The van der Waals surface area contributed by atoms with Crippen LogP contribution in [0.3, 0.4) is 0 Å². The lowest BCUT2D eigenvalue weighted by molar-refractivity contribution is 0.479. The van der Waals surface area contributed by atoms with Crippen LogP contribution in [0, 0.1) is 13.8 Å². The summed E-state index contributed by atoms with van der Waals surface area (Å²) in [5.41, 5.74) is 0.677. The fourth-order valence-corrected chi connectivity index (χ4v) is 0.766. The molecule has 0 spiro atoms. The van der Waals surface area contributed by atoms with E-state index in [1.165, 1.54) is 6.07 Å².